The van der Waals surface area contributed by atoms with Crippen LogP contribution in [0.1, 0.15) is 22.8 Å². The van der Waals surface area contributed by atoms with E-state index >= 15 is 0 Å². The molecule has 0 amide bonds. The Morgan fingerprint density at radius 3 is 2.36 bits per heavy atom. The first-order chi connectivity index (χ1) is 6.65. The molecule has 0 aliphatic heterocycles. The summed E-state index contributed by atoms with van der Waals surface area (Å²) in [6.07, 6.45) is 2.19. The molecule has 0 atom stereocenters. The topological polar surface area (TPSA) is 54.4 Å². The molecule has 3 nitrogen and oxygen atoms in total. The van der Waals surface area contributed by atoms with Gasteiger partial charge in [-0.25, -0.2) is 4.79 Å². The molecule has 0 radical (unpaired) electrons. The predicted octanol–water partition coefficient (Wildman–Crippen LogP) is 1.99. The summed E-state index contributed by atoms with van der Waals surface area (Å²) in [7, 11) is 0. The van der Waals surface area contributed by atoms with Crippen molar-refractivity contribution in [3.8, 4) is 0 Å². The second-order valence-corrected chi connectivity index (χ2v) is 2.88. The molecular formula is C11H10O3. The third kappa shape index (κ3) is 2.29. The molecular weight excluding hydrogens is 180 g/mol. The smallest absolute Gasteiger partial charge is 0.331 e. The largest absolute Gasteiger partial charge is 0.478 e. The van der Waals surface area contributed by atoms with Crippen LogP contribution in [-0.4, -0.2) is 17.4 Å². The van der Waals surface area contributed by atoms with Crippen molar-refractivity contribution >= 4 is 18.3 Å². The average Bonchev–Trinajstić information content (AvgIpc) is 2.18. The molecule has 0 saturated heterocycles. The standard InChI is InChI=1S/C11H10O3/c1-8(11(13)14)6-9-4-2-3-5-10(9)7-12/h2-7H,1H3,(H,13,14). The van der Waals surface area contributed by atoms with Crippen molar-refractivity contribution in [3.63, 3.8) is 0 Å². The van der Waals surface area contributed by atoms with Gasteiger partial charge >= 0.3 is 5.97 Å². The van der Waals surface area contributed by atoms with E-state index in [1.807, 2.05) is 0 Å². The molecule has 1 rings (SSSR count). The highest BCUT2D eigenvalue weighted by molar-refractivity contribution is 5.93. The maximum absolute atomic E-state index is 10.6. The number of aliphatic carboxylic acids is 1. The molecule has 0 heterocycles. The number of carbonyl (C=O) groups excluding carboxylic acids is 1. The van der Waals surface area contributed by atoms with Gasteiger partial charge in [0.25, 0.3) is 0 Å². The van der Waals surface area contributed by atoms with E-state index in [9.17, 15) is 9.59 Å². The van der Waals surface area contributed by atoms with Gasteiger partial charge in [-0.05, 0) is 18.6 Å². The second kappa shape index (κ2) is 4.37. The molecule has 0 bridgehead atoms. The van der Waals surface area contributed by atoms with E-state index in [-0.39, 0.29) is 5.57 Å². The lowest BCUT2D eigenvalue weighted by atomic mass is 10.1. The normalized spacial score (nSPS) is 11.1. The number of rotatable bonds is 3. The fraction of sp³-hybridized carbons (Fsp3) is 0.0909. The van der Waals surface area contributed by atoms with Crippen LogP contribution in [0.3, 0.4) is 0 Å². The van der Waals surface area contributed by atoms with Gasteiger partial charge in [0.15, 0.2) is 6.29 Å². The van der Waals surface area contributed by atoms with Crippen LogP contribution < -0.4 is 0 Å². The molecule has 72 valence electrons. The zero-order chi connectivity index (χ0) is 10.6. The lowest BCUT2D eigenvalue weighted by Crippen LogP contribution is -1.96. The first kappa shape index (κ1) is 10.2. The zero-order valence-corrected chi connectivity index (χ0v) is 7.73. The van der Waals surface area contributed by atoms with E-state index in [4.69, 9.17) is 5.11 Å². The number of benzene rings is 1. The molecule has 0 unspecified atom stereocenters. The zero-order valence-electron chi connectivity index (χ0n) is 7.73. The van der Waals surface area contributed by atoms with Gasteiger partial charge in [0.05, 0.1) is 0 Å². The number of carboxylic acids is 1. The minimum atomic E-state index is -0.981. The fourth-order valence-corrected chi connectivity index (χ4v) is 1.04. The van der Waals surface area contributed by atoms with Gasteiger partial charge in [0.1, 0.15) is 0 Å². The summed E-state index contributed by atoms with van der Waals surface area (Å²) in [5.41, 5.74) is 1.33. The number of carbonyl (C=O) groups is 2. The van der Waals surface area contributed by atoms with Crippen LogP contribution in [0.5, 0.6) is 0 Å². The lowest BCUT2D eigenvalue weighted by molar-refractivity contribution is -0.132. The van der Waals surface area contributed by atoms with Gasteiger partial charge < -0.3 is 5.11 Å². The van der Waals surface area contributed by atoms with Crippen LogP contribution in [0.2, 0.25) is 0 Å². The quantitative estimate of drug-likeness (QED) is 0.585. The maximum atomic E-state index is 10.6. The van der Waals surface area contributed by atoms with E-state index in [1.54, 1.807) is 24.3 Å². The Kier molecular flexibility index (Phi) is 3.18. The van der Waals surface area contributed by atoms with Gasteiger partial charge in [0.2, 0.25) is 0 Å². The average molecular weight is 190 g/mol. The molecule has 1 aromatic rings. The van der Waals surface area contributed by atoms with E-state index in [1.165, 1.54) is 13.0 Å². The monoisotopic (exact) mass is 190 g/mol. The summed E-state index contributed by atoms with van der Waals surface area (Å²) >= 11 is 0. The highest BCUT2D eigenvalue weighted by Crippen LogP contribution is 2.11. The molecule has 14 heavy (non-hydrogen) atoms. The number of aldehydes is 1. The summed E-state index contributed by atoms with van der Waals surface area (Å²) in [5.74, 6) is -0.981. The molecule has 3 heteroatoms. The van der Waals surface area contributed by atoms with Crippen LogP contribution in [0.25, 0.3) is 6.08 Å². The third-order valence-electron chi connectivity index (χ3n) is 1.83. The SMILES string of the molecule is CC(=Cc1ccccc1C=O)C(=O)O. The second-order valence-electron chi connectivity index (χ2n) is 2.88. The fourth-order valence-electron chi connectivity index (χ4n) is 1.04. The molecule has 1 N–H and O–H groups in total. The van der Waals surface area contributed by atoms with Crippen LogP contribution in [0.15, 0.2) is 29.8 Å². The molecule has 0 saturated carbocycles. The summed E-state index contributed by atoms with van der Waals surface area (Å²) in [6, 6.07) is 6.84. The van der Waals surface area contributed by atoms with Gasteiger partial charge in [0, 0.05) is 11.1 Å². The van der Waals surface area contributed by atoms with Crippen molar-refractivity contribution < 1.29 is 14.7 Å². The number of hydrogen-bond donors (Lipinski definition) is 1. The van der Waals surface area contributed by atoms with E-state index in [0.29, 0.717) is 17.4 Å². The van der Waals surface area contributed by atoms with Crippen LogP contribution in [0.4, 0.5) is 0 Å². The molecule has 0 spiro atoms. The highest BCUT2D eigenvalue weighted by Gasteiger charge is 2.02. The Morgan fingerprint density at radius 1 is 1.29 bits per heavy atom. The van der Waals surface area contributed by atoms with Crippen molar-refractivity contribution in [2.75, 3.05) is 0 Å². The van der Waals surface area contributed by atoms with Crippen molar-refractivity contribution in [3.05, 3.63) is 41.0 Å². The van der Waals surface area contributed by atoms with Crippen molar-refractivity contribution in [1.29, 1.82) is 0 Å². The summed E-state index contributed by atoms with van der Waals surface area (Å²) in [5, 5.41) is 8.65. The van der Waals surface area contributed by atoms with E-state index in [0.717, 1.165) is 0 Å². The third-order valence-corrected chi connectivity index (χ3v) is 1.83. The first-order valence-electron chi connectivity index (χ1n) is 4.11. The molecule has 1 aromatic carbocycles. The van der Waals surface area contributed by atoms with Gasteiger partial charge in [-0.3, -0.25) is 4.79 Å². The van der Waals surface area contributed by atoms with Crippen molar-refractivity contribution in [2.45, 2.75) is 6.92 Å². The maximum Gasteiger partial charge on any atom is 0.331 e. The first-order valence-corrected chi connectivity index (χ1v) is 4.11. The highest BCUT2D eigenvalue weighted by atomic mass is 16.4. The van der Waals surface area contributed by atoms with Gasteiger partial charge in [-0.2, -0.15) is 0 Å². The van der Waals surface area contributed by atoms with E-state index < -0.39 is 5.97 Å². The Hall–Kier alpha value is -1.90. The minimum absolute atomic E-state index is 0.208. The van der Waals surface area contributed by atoms with Crippen LogP contribution in [-0.2, 0) is 4.79 Å². The molecule has 0 aliphatic rings. The number of hydrogen-bond acceptors (Lipinski definition) is 2. The molecule has 0 aliphatic carbocycles. The van der Waals surface area contributed by atoms with E-state index in [2.05, 4.69) is 0 Å². The Bertz CT molecular complexity index is 391. The van der Waals surface area contributed by atoms with Gasteiger partial charge in [-0.15, -0.1) is 0 Å². The van der Waals surface area contributed by atoms with Crippen LogP contribution in [0, 0.1) is 0 Å². The summed E-state index contributed by atoms with van der Waals surface area (Å²) < 4.78 is 0. The Labute approximate surface area is 81.7 Å². The minimum Gasteiger partial charge on any atom is -0.478 e. The summed E-state index contributed by atoms with van der Waals surface area (Å²) in [6.45, 7) is 1.49. The lowest BCUT2D eigenvalue weighted by Gasteiger charge is -1.98. The molecule has 0 aromatic heterocycles. The molecule has 0 fully saturated rings. The Morgan fingerprint density at radius 2 is 1.86 bits per heavy atom. The van der Waals surface area contributed by atoms with Crippen molar-refractivity contribution in [1.82, 2.24) is 0 Å². The van der Waals surface area contributed by atoms with Gasteiger partial charge in [-0.1, -0.05) is 24.3 Å². The number of carboxylic acid groups (broad SMARTS) is 1. The Balaban J connectivity index is 3.13. The predicted molar refractivity (Wildman–Crippen MR) is 53.1 cm³/mol. The van der Waals surface area contributed by atoms with Crippen LogP contribution >= 0.6 is 0 Å². The van der Waals surface area contributed by atoms with Crippen molar-refractivity contribution in [2.24, 2.45) is 0 Å². The summed E-state index contributed by atoms with van der Waals surface area (Å²) in [4.78, 5) is 21.1.